The van der Waals surface area contributed by atoms with Gasteiger partial charge in [-0.2, -0.15) is 5.10 Å². The molecule has 1 atom stereocenters. The summed E-state index contributed by atoms with van der Waals surface area (Å²) in [5.41, 5.74) is 3.48. The first-order valence-electron chi connectivity index (χ1n) is 10.2. The van der Waals surface area contributed by atoms with Crippen LogP contribution < -0.4 is 4.74 Å². The molecule has 1 N–H and O–H groups in total. The van der Waals surface area contributed by atoms with Gasteiger partial charge in [-0.25, -0.2) is 14.3 Å². The molecular weight excluding hydrogens is 450 g/mol. The summed E-state index contributed by atoms with van der Waals surface area (Å²) in [6.07, 6.45) is 3.15. The molecule has 9 nitrogen and oxygen atoms in total. The highest BCUT2D eigenvalue weighted by molar-refractivity contribution is 6.30. The Bertz CT molecular complexity index is 1160. The molecule has 0 saturated carbocycles. The lowest BCUT2D eigenvalue weighted by Gasteiger charge is -2.36. The number of carbonyl (C=O) groups excluding carboxylic acids is 1. The van der Waals surface area contributed by atoms with E-state index in [0.717, 1.165) is 16.7 Å². The highest BCUT2D eigenvalue weighted by Crippen LogP contribution is 2.40. The average molecular weight is 472 g/mol. The van der Waals surface area contributed by atoms with Crippen LogP contribution in [0.2, 0.25) is 5.02 Å². The minimum Gasteiger partial charge on any atom is -0.482 e. The van der Waals surface area contributed by atoms with Crippen LogP contribution in [0.4, 0.5) is 4.79 Å². The number of hydrogen-bond donors (Lipinski definition) is 1. The molecule has 3 aromatic rings. The molecule has 0 unspecified atom stereocenters. The molecule has 0 amide bonds. The molecule has 0 saturated heterocycles. The Balaban J connectivity index is 1.61. The monoisotopic (exact) mass is 471 g/mol. The minimum absolute atomic E-state index is 0.0914. The third-order valence-corrected chi connectivity index (χ3v) is 5.36. The van der Waals surface area contributed by atoms with Crippen LogP contribution in [0.1, 0.15) is 28.3 Å². The predicted molar refractivity (Wildman–Crippen MR) is 118 cm³/mol. The zero-order valence-electron chi connectivity index (χ0n) is 17.8. The van der Waals surface area contributed by atoms with Crippen molar-refractivity contribution in [3.05, 3.63) is 82.1 Å². The highest BCUT2D eigenvalue weighted by atomic mass is 35.5. The van der Waals surface area contributed by atoms with Crippen LogP contribution in [0.5, 0.6) is 5.75 Å². The van der Waals surface area contributed by atoms with Crippen molar-refractivity contribution >= 4 is 23.7 Å². The van der Waals surface area contributed by atoms with Crippen LogP contribution >= 0.6 is 11.6 Å². The molecule has 0 radical (unpaired) electrons. The second-order valence-corrected chi connectivity index (χ2v) is 7.96. The Hall–Kier alpha value is -3.56. The molecule has 0 bridgehead atoms. The predicted octanol–water partition coefficient (Wildman–Crippen LogP) is 3.98. The summed E-state index contributed by atoms with van der Waals surface area (Å²) in [4.78, 5) is 29.1. The lowest BCUT2D eigenvalue weighted by Crippen LogP contribution is -2.38. The average Bonchev–Trinajstić information content (AvgIpc) is 3.21. The van der Waals surface area contributed by atoms with E-state index < -0.39 is 24.8 Å². The maximum absolute atomic E-state index is 12.5. The summed E-state index contributed by atoms with van der Waals surface area (Å²) in [6.45, 7) is 1.66. The van der Waals surface area contributed by atoms with E-state index >= 15 is 0 Å². The number of carboxylic acid groups (broad SMARTS) is 1. The zero-order chi connectivity index (χ0) is 23.4. The highest BCUT2D eigenvalue weighted by Gasteiger charge is 2.34. The lowest BCUT2D eigenvalue weighted by molar-refractivity contribution is -0.155. The number of fused-ring (bicyclic) bond motifs is 1. The Labute approximate surface area is 195 Å². The summed E-state index contributed by atoms with van der Waals surface area (Å²) < 4.78 is 12.2. The first-order chi connectivity index (χ1) is 15.9. The number of nitrogens with zero attached hydrogens (tertiary/aromatic N) is 3. The Kier molecular flexibility index (Phi) is 6.81. The first kappa shape index (κ1) is 22.6. The SMILES string of the molecule is Cc1cnn(COC(=O)ON2CCc3ccccc3[C@H]2c2cc(Cl)ccc2OCC(=O)O)c1. The Morgan fingerprint density at radius 3 is 2.79 bits per heavy atom. The van der Waals surface area contributed by atoms with E-state index in [1.165, 1.54) is 9.75 Å². The molecule has 2 aromatic carbocycles. The number of carboxylic acids is 1. The molecule has 172 valence electrons. The van der Waals surface area contributed by atoms with Crippen LogP contribution in [0.15, 0.2) is 54.9 Å². The number of aryl methyl sites for hydroxylation is 1. The number of rotatable bonds is 7. The van der Waals surface area contributed by atoms with Gasteiger partial charge in [-0.1, -0.05) is 35.9 Å². The molecule has 0 aliphatic carbocycles. The van der Waals surface area contributed by atoms with Gasteiger partial charge >= 0.3 is 12.1 Å². The van der Waals surface area contributed by atoms with E-state index in [1.807, 2.05) is 31.2 Å². The molecule has 0 fully saturated rings. The molecule has 10 heteroatoms. The van der Waals surface area contributed by atoms with E-state index in [4.69, 9.17) is 31.0 Å². The molecule has 33 heavy (non-hydrogen) atoms. The normalized spacial score (nSPS) is 15.5. The van der Waals surface area contributed by atoms with Gasteiger partial charge in [0.2, 0.25) is 0 Å². The van der Waals surface area contributed by atoms with Crippen molar-refractivity contribution in [2.24, 2.45) is 0 Å². The number of ether oxygens (including phenoxy) is 2. The van der Waals surface area contributed by atoms with Gasteiger partial charge in [-0.15, -0.1) is 5.06 Å². The van der Waals surface area contributed by atoms with Crippen molar-refractivity contribution in [1.82, 2.24) is 14.8 Å². The van der Waals surface area contributed by atoms with Crippen molar-refractivity contribution in [2.45, 2.75) is 26.1 Å². The molecular formula is C23H22ClN3O6. The summed E-state index contributed by atoms with van der Waals surface area (Å²) in [6, 6.07) is 12.1. The Morgan fingerprint density at radius 1 is 1.21 bits per heavy atom. The maximum Gasteiger partial charge on any atom is 0.529 e. The quantitative estimate of drug-likeness (QED) is 0.516. The molecule has 1 aromatic heterocycles. The van der Waals surface area contributed by atoms with Crippen LogP contribution in [0.3, 0.4) is 0 Å². The van der Waals surface area contributed by atoms with Crippen molar-refractivity contribution in [2.75, 3.05) is 13.2 Å². The summed E-state index contributed by atoms with van der Waals surface area (Å²) in [5, 5.41) is 15.1. The standard InChI is InChI=1S/C23H22ClN3O6/c1-15-11-25-26(12-15)14-32-23(30)33-27-9-8-16-4-2-3-5-18(16)22(27)19-10-17(24)6-7-20(19)31-13-21(28)29/h2-7,10-12,22H,8-9,13-14H2,1H3,(H,28,29)/t22-/m0/s1. The van der Waals surface area contributed by atoms with E-state index in [-0.39, 0.29) is 6.73 Å². The fourth-order valence-corrected chi connectivity index (χ4v) is 3.93. The fraction of sp³-hybridized carbons (Fsp3) is 0.261. The molecule has 1 aliphatic rings. The van der Waals surface area contributed by atoms with Gasteiger partial charge in [0.05, 0.1) is 12.2 Å². The van der Waals surface area contributed by atoms with Crippen molar-refractivity contribution in [1.29, 1.82) is 0 Å². The van der Waals surface area contributed by atoms with E-state index in [9.17, 15) is 9.59 Å². The maximum atomic E-state index is 12.5. The van der Waals surface area contributed by atoms with Crippen molar-refractivity contribution in [3.63, 3.8) is 0 Å². The van der Waals surface area contributed by atoms with Gasteiger partial charge in [0.25, 0.3) is 0 Å². The number of hydroxylamine groups is 2. The first-order valence-corrected chi connectivity index (χ1v) is 10.6. The minimum atomic E-state index is -1.11. The lowest BCUT2D eigenvalue weighted by atomic mass is 9.89. The Morgan fingerprint density at radius 2 is 2.03 bits per heavy atom. The number of carbonyl (C=O) groups is 2. The topological polar surface area (TPSA) is 103 Å². The fourth-order valence-electron chi connectivity index (χ4n) is 3.75. The summed E-state index contributed by atoms with van der Waals surface area (Å²) in [5.74, 6) is -0.775. The third kappa shape index (κ3) is 5.44. The van der Waals surface area contributed by atoms with Gasteiger partial charge in [0, 0.05) is 23.3 Å². The zero-order valence-corrected chi connectivity index (χ0v) is 18.6. The number of halogens is 1. The van der Waals surface area contributed by atoms with Crippen molar-refractivity contribution in [3.8, 4) is 5.75 Å². The smallest absolute Gasteiger partial charge is 0.482 e. The number of hydrogen-bond acceptors (Lipinski definition) is 7. The van der Waals surface area contributed by atoms with Crippen LogP contribution in [-0.2, 0) is 27.5 Å². The van der Waals surface area contributed by atoms with Gasteiger partial charge in [-0.05, 0) is 48.2 Å². The van der Waals surface area contributed by atoms with Gasteiger partial charge in [0.1, 0.15) is 5.75 Å². The van der Waals surface area contributed by atoms with Gasteiger partial charge < -0.3 is 19.4 Å². The second-order valence-electron chi connectivity index (χ2n) is 7.53. The van der Waals surface area contributed by atoms with E-state index in [0.29, 0.717) is 29.3 Å². The van der Waals surface area contributed by atoms with Gasteiger partial charge in [-0.3, -0.25) is 0 Å². The van der Waals surface area contributed by atoms with Crippen LogP contribution in [0.25, 0.3) is 0 Å². The van der Waals surface area contributed by atoms with E-state index in [1.54, 1.807) is 30.6 Å². The third-order valence-electron chi connectivity index (χ3n) is 5.13. The number of aromatic nitrogens is 2. The summed E-state index contributed by atoms with van der Waals surface area (Å²) >= 11 is 6.27. The van der Waals surface area contributed by atoms with E-state index in [2.05, 4.69) is 5.10 Å². The number of benzene rings is 2. The number of aliphatic carboxylic acids is 1. The largest absolute Gasteiger partial charge is 0.529 e. The second kappa shape index (κ2) is 9.93. The van der Waals surface area contributed by atoms with Crippen molar-refractivity contribution < 1.29 is 29.0 Å². The molecule has 0 spiro atoms. The summed E-state index contributed by atoms with van der Waals surface area (Å²) in [7, 11) is 0. The molecule has 4 rings (SSSR count). The van der Waals surface area contributed by atoms with Crippen LogP contribution in [-0.4, -0.2) is 45.2 Å². The van der Waals surface area contributed by atoms with Gasteiger partial charge in [0.15, 0.2) is 13.3 Å². The molecule has 2 heterocycles. The molecule has 1 aliphatic heterocycles. The van der Waals surface area contributed by atoms with Crippen LogP contribution in [0, 0.1) is 6.92 Å².